The molecule has 0 aliphatic carbocycles. The van der Waals surface area contributed by atoms with E-state index >= 15 is 0 Å². The molecule has 0 spiro atoms. The summed E-state index contributed by atoms with van der Waals surface area (Å²) in [7, 11) is 1.55. The van der Waals surface area contributed by atoms with Crippen LogP contribution >= 0.6 is 0 Å². The van der Waals surface area contributed by atoms with Crippen LogP contribution in [-0.2, 0) is 11.2 Å². The first-order chi connectivity index (χ1) is 11.0. The molecule has 2 rings (SSSR count). The zero-order valence-electron chi connectivity index (χ0n) is 13.6. The van der Waals surface area contributed by atoms with E-state index in [1.54, 1.807) is 25.3 Å². The van der Waals surface area contributed by atoms with Crippen LogP contribution in [0.15, 0.2) is 48.5 Å². The van der Waals surface area contributed by atoms with Crippen LogP contribution in [0.3, 0.4) is 0 Å². The molecule has 0 radical (unpaired) electrons. The predicted octanol–water partition coefficient (Wildman–Crippen LogP) is 3.32. The van der Waals surface area contributed by atoms with Gasteiger partial charge < -0.3 is 10.1 Å². The Morgan fingerprint density at radius 1 is 1.13 bits per heavy atom. The van der Waals surface area contributed by atoms with Crippen LogP contribution in [0.4, 0.5) is 0 Å². The van der Waals surface area contributed by atoms with Gasteiger partial charge in [-0.25, -0.2) is 0 Å². The van der Waals surface area contributed by atoms with Gasteiger partial charge >= 0.3 is 0 Å². The standard InChI is InChI=1S/C19H21NO3/c1-13(15-7-5-4-6-8-15)20-19(22)12-17-11-16(14(2)21)9-10-18(17)23-3/h4-11,13H,12H2,1-3H3,(H,20,22). The van der Waals surface area contributed by atoms with E-state index in [9.17, 15) is 9.59 Å². The van der Waals surface area contributed by atoms with Crippen molar-refractivity contribution in [2.24, 2.45) is 0 Å². The largest absolute Gasteiger partial charge is 0.496 e. The Hall–Kier alpha value is -2.62. The second kappa shape index (κ2) is 7.58. The van der Waals surface area contributed by atoms with Crippen LogP contribution in [0.1, 0.15) is 41.4 Å². The normalized spacial score (nSPS) is 11.6. The summed E-state index contributed by atoms with van der Waals surface area (Å²) in [6.45, 7) is 3.44. The van der Waals surface area contributed by atoms with Gasteiger partial charge in [0, 0.05) is 11.1 Å². The Labute approximate surface area is 136 Å². The summed E-state index contributed by atoms with van der Waals surface area (Å²) in [5.41, 5.74) is 2.33. The maximum Gasteiger partial charge on any atom is 0.225 e. The van der Waals surface area contributed by atoms with Gasteiger partial charge in [-0.3, -0.25) is 9.59 Å². The minimum absolute atomic E-state index is 0.0352. The molecule has 0 aliphatic rings. The average Bonchev–Trinajstić information content (AvgIpc) is 2.55. The predicted molar refractivity (Wildman–Crippen MR) is 89.7 cm³/mol. The highest BCUT2D eigenvalue weighted by Gasteiger charge is 2.14. The van der Waals surface area contributed by atoms with Crippen molar-refractivity contribution in [2.45, 2.75) is 26.3 Å². The van der Waals surface area contributed by atoms with Crippen LogP contribution in [0.25, 0.3) is 0 Å². The number of methoxy groups -OCH3 is 1. The Balaban J connectivity index is 2.10. The van der Waals surface area contributed by atoms with Crippen molar-refractivity contribution in [1.82, 2.24) is 5.32 Å². The van der Waals surface area contributed by atoms with E-state index in [0.717, 1.165) is 5.56 Å². The van der Waals surface area contributed by atoms with Crippen molar-refractivity contribution < 1.29 is 14.3 Å². The van der Waals surface area contributed by atoms with Crippen molar-refractivity contribution in [3.63, 3.8) is 0 Å². The van der Waals surface area contributed by atoms with Crippen molar-refractivity contribution in [2.75, 3.05) is 7.11 Å². The fourth-order valence-electron chi connectivity index (χ4n) is 2.43. The van der Waals surface area contributed by atoms with Crippen molar-refractivity contribution >= 4 is 11.7 Å². The van der Waals surface area contributed by atoms with Crippen molar-refractivity contribution in [1.29, 1.82) is 0 Å². The maximum absolute atomic E-state index is 12.3. The molecule has 4 nitrogen and oxygen atoms in total. The van der Waals surface area contributed by atoms with E-state index in [1.807, 2.05) is 37.3 Å². The molecule has 0 aromatic heterocycles. The number of nitrogens with one attached hydrogen (secondary N) is 1. The highest BCUT2D eigenvalue weighted by atomic mass is 16.5. The van der Waals surface area contributed by atoms with E-state index in [1.165, 1.54) is 6.92 Å². The molecule has 4 heteroatoms. The SMILES string of the molecule is COc1ccc(C(C)=O)cc1CC(=O)NC(C)c1ccccc1. The van der Waals surface area contributed by atoms with E-state index in [4.69, 9.17) is 4.74 Å². The molecule has 0 saturated heterocycles. The Morgan fingerprint density at radius 2 is 1.83 bits per heavy atom. The molecule has 0 aliphatic heterocycles. The minimum atomic E-state index is -0.111. The molecule has 0 heterocycles. The molecule has 2 aromatic carbocycles. The number of amides is 1. The van der Waals surface area contributed by atoms with Gasteiger partial charge in [-0.15, -0.1) is 0 Å². The van der Waals surface area contributed by atoms with Crippen LogP contribution in [-0.4, -0.2) is 18.8 Å². The Kier molecular flexibility index (Phi) is 5.52. The molecule has 1 atom stereocenters. The third-order valence-electron chi connectivity index (χ3n) is 3.72. The maximum atomic E-state index is 12.3. The lowest BCUT2D eigenvalue weighted by Gasteiger charge is -2.15. The quantitative estimate of drug-likeness (QED) is 0.833. The fourth-order valence-corrected chi connectivity index (χ4v) is 2.43. The van der Waals surface area contributed by atoms with E-state index in [2.05, 4.69) is 5.32 Å². The van der Waals surface area contributed by atoms with Crippen LogP contribution in [0, 0.1) is 0 Å². The van der Waals surface area contributed by atoms with Gasteiger partial charge in [-0.05, 0) is 37.6 Å². The van der Waals surface area contributed by atoms with Crippen molar-refractivity contribution in [3.05, 3.63) is 65.2 Å². The van der Waals surface area contributed by atoms with Gasteiger partial charge in [0.1, 0.15) is 5.75 Å². The number of ketones is 1. The summed E-state index contributed by atoms with van der Waals surface area (Å²) in [6.07, 6.45) is 0.168. The van der Waals surface area contributed by atoms with Gasteiger partial charge in [0.2, 0.25) is 5.91 Å². The molecule has 1 amide bonds. The minimum Gasteiger partial charge on any atom is -0.496 e. The zero-order valence-corrected chi connectivity index (χ0v) is 13.6. The summed E-state index contributed by atoms with van der Waals surface area (Å²) in [5.74, 6) is 0.463. The van der Waals surface area contributed by atoms with Gasteiger partial charge in [0.05, 0.1) is 19.6 Å². The fraction of sp³-hybridized carbons (Fsp3) is 0.263. The number of carbonyl (C=O) groups is 2. The molecular weight excluding hydrogens is 290 g/mol. The molecule has 23 heavy (non-hydrogen) atoms. The van der Waals surface area contributed by atoms with Gasteiger partial charge in [-0.1, -0.05) is 30.3 Å². The summed E-state index contributed by atoms with van der Waals surface area (Å²) < 4.78 is 5.28. The van der Waals surface area contributed by atoms with Gasteiger partial charge in [-0.2, -0.15) is 0 Å². The second-order valence-corrected chi connectivity index (χ2v) is 5.46. The lowest BCUT2D eigenvalue weighted by atomic mass is 10.0. The average molecular weight is 311 g/mol. The molecule has 1 unspecified atom stereocenters. The topological polar surface area (TPSA) is 55.4 Å². The smallest absolute Gasteiger partial charge is 0.225 e. The Morgan fingerprint density at radius 3 is 2.43 bits per heavy atom. The van der Waals surface area contributed by atoms with E-state index in [-0.39, 0.29) is 24.2 Å². The molecule has 1 N–H and O–H groups in total. The monoisotopic (exact) mass is 311 g/mol. The van der Waals surface area contributed by atoms with Crippen LogP contribution in [0.2, 0.25) is 0 Å². The first kappa shape index (κ1) is 16.7. The summed E-state index contributed by atoms with van der Waals surface area (Å²) in [6, 6.07) is 14.8. The van der Waals surface area contributed by atoms with E-state index < -0.39 is 0 Å². The first-order valence-electron chi connectivity index (χ1n) is 7.53. The number of hydrogen-bond donors (Lipinski definition) is 1. The van der Waals surface area contributed by atoms with Crippen LogP contribution in [0.5, 0.6) is 5.75 Å². The number of rotatable bonds is 6. The second-order valence-electron chi connectivity index (χ2n) is 5.46. The lowest BCUT2D eigenvalue weighted by molar-refractivity contribution is -0.121. The molecule has 0 bridgehead atoms. The molecule has 0 saturated carbocycles. The highest BCUT2D eigenvalue weighted by Crippen LogP contribution is 2.21. The number of carbonyl (C=O) groups excluding carboxylic acids is 2. The van der Waals surface area contributed by atoms with Crippen molar-refractivity contribution in [3.8, 4) is 5.75 Å². The van der Waals surface area contributed by atoms with Crippen LogP contribution < -0.4 is 10.1 Å². The number of benzene rings is 2. The number of ether oxygens (including phenoxy) is 1. The third-order valence-corrected chi connectivity index (χ3v) is 3.72. The number of Topliss-reactive ketones (excluding diaryl/α,β-unsaturated/α-hetero) is 1. The van der Waals surface area contributed by atoms with Gasteiger partial charge in [0.15, 0.2) is 5.78 Å². The molecule has 0 fully saturated rings. The zero-order chi connectivity index (χ0) is 16.8. The van der Waals surface area contributed by atoms with Gasteiger partial charge in [0.25, 0.3) is 0 Å². The highest BCUT2D eigenvalue weighted by molar-refractivity contribution is 5.94. The summed E-state index contributed by atoms with van der Waals surface area (Å²) in [4.78, 5) is 23.8. The molecule has 2 aromatic rings. The lowest BCUT2D eigenvalue weighted by Crippen LogP contribution is -2.28. The first-order valence-corrected chi connectivity index (χ1v) is 7.53. The third kappa shape index (κ3) is 4.42. The van der Waals surface area contributed by atoms with E-state index in [0.29, 0.717) is 16.9 Å². The molecular formula is C19H21NO3. The Bertz CT molecular complexity index is 695. The molecule has 120 valence electrons. The summed E-state index contributed by atoms with van der Waals surface area (Å²) in [5, 5.41) is 2.97. The number of hydrogen-bond acceptors (Lipinski definition) is 3. The summed E-state index contributed by atoms with van der Waals surface area (Å²) >= 11 is 0.